The van der Waals surface area contributed by atoms with E-state index in [0.29, 0.717) is 55.8 Å². The number of allylic oxidation sites excluding steroid dienone is 1. The number of hydrogen-bond acceptors (Lipinski definition) is 11. The number of alkyl carbamates (subject to hydrolysis) is 1. The highest BCUT2D eigenvalue weighted by atomic mass is 32.2. The minimum atomic E-state index is -3.90. The third-order valence-corrected chi connectivity index (χ3v) is 12.8. The molecule has 55 heavy (non-hydrogen) atoms. The van der Waals surface area contributed by atoms with E-state index in [-0.39, 0.29) is 37.1 Å². The van der Waals surface area contributed by atoms with Gasteiger partial charge in [-0.25, -0.2) is 18.2 Å². The highest BCUT2D eigenvalue weighted by Gasteiger charge is 2.62. The molecule has 0 bridgehead atoms. The minimum absolute atomic E-state index is 0.0305. The second-order valence-electron chi connectivity index (χ2n) is 16.7. The maximum atomic E-state index is 14.8. The lowest BCUT2D eigenvalue weighted by Crippen LogP contribution is -2.59. The van der Waals surface area contributed by atoms with E-state index >= 15 is 0 Å². The van der Waals surface area contributed by atoms with E-state index in [9.17, 15) is 27.6 Å². The van der Waals surface area contributed by atoms with Crippen LogP contribution in [0.25, 0.3) is 10.8 Å². The van der Waals surface area contributed by atoms with Gasteiger partial charge in [-0.15, -0.1) is 0 Å². The first kappa shape index (κ1) is 38.7. The molecule has 298 valence electrons. The van der Waals surface area contributed by atoms with Crippen molar-refractivity contribution in [1.82, 2.24) is 25.2 Å². The fraction of sp³-hybridized carbons (Fsp3) is 0.615. The van der Waals surface area contributed by atoms with E-state index in [0.717, 1.165) is 11.8 Å². The number of nitrogens with zero attached hydrogens (tertiary/aromatic N) is 2. The summed E-state index contributed by atoms with van der Waals surface area (Å²) in [5.74, 6) is -1.12. The van der Waals surface area contributed by atoms with Crippen LogP contribution in [0.4, 0.5) is 4.79 Å². The van der Waals surface area contributed by atoms with Gasteiger partial charge >= 0.3 is 6.09 Å². The largest absolute Gasteiger partial charge is 0.486 e. The highest BCUT2D eigenvalue weighted by molar-refractivity contribution is 7.91. The number of fused-ring (bicyclic) bond motifs is 5. The molecule has 16 heteroatoms. The number of carbonyl (C=O) groups excluding carboxylic acids is 4. The van der Waals surface area contributed by atoms with Crippen LogP contribution in [0.1, 0.15) is 79.6 Å². The Morgan fingerprint density at radius 1 is 1.04 bits per heavy atom. The van der Waals surface area contributed by atoms with E-state index in [2.05, 4.69) is 27.3 Å². The molecule has 2 aliphatic carbocycles. The quantitative estimate of drug-likeness (QED) is 0.362. The molecular formula is C39H51N5O10S. The van der Waals surface area contributed by atoms with Crippen molar-refractivity contribution >= 4 is 44.6 Å². The molecule has 2 saturated carbocycles. The summed E-state index contributed by atoms with van der Waals surface area (Å²) < 4.78 is 51.7. The van der Waals surface area contributed by atoms with Gasteiger partial charge in [-0.2, -0.15) is 0 Å². The van der Waals surface area contributed by atoms with Crippen LogP contribution in [-0.2, 0) is 29.1 Å². The molecule has 2 aromatic rings. The fourth-order valence-electron chi connectivity index (χ4n) is 7.92. The van der Waals surface area contributed by atoms with Crippen molar-refractivity contribution in [3.63, 3.8) is 0 Å². The minimum Gasteiger partial charge on any atom is -0.486 e. The highest BCUT2D eigenvalue weighted by Crippen LogP contribution is 2.46. The standard InChI is InChI=1S/C39H51N5O10S/c1-22-8-6-7-9-24-20-39(24,36(47)43-55(49,50)26-10-11-26)42-33(45)29-19-25(21-44(29)35(46)31(23(2)18-22)41-37(48)54-38(3,4)5)53-34-28-12-13-30-32(52-17-16-51-30)27(28)14-15-40-34/h7,9,12-15,22-26,29,31H,6,8,10-11,16-21H2,1-5H3,(H,41,48)(H,42,45)(H,43,47). The molecule has 3 fully saturated rings. The van der Waals surface area contributed by atoms with Crippen molar-refractivity contribution in [2.24, 2.45) is 17.8 Å². The van der Waals surface area contributed by atoms with Crippen LogP contribution in [0.5, 0.6) is 17.4 Å². The van der Waals surface area contributed by atoms with Gasteiger partial charge in [-0.05, 0) is 89.3 Å². The number of rotatable bonds is 6. The van der Waals surface area contributed by atoms with E-state index in [4.69, 9.17) is 18.9 Å². The Kier molecular flexibility index (Phi) is 10.4. The Labute approximate surface area is 321 Å². The van der Waals surface area contributed by atoms with Crippen molar-refractivity contribution in [2.45, 2.75) is 114 Å². The van der Waals surface area contributed by atoms with Gasteiger partial charge in [0.2, 0.25) is 27.7 Å². The van der Waals surface area contributed by atoms with Crippen LogP contribution in [0.2, 0.25) is 0 Å². The van der Waals surface area contributed by atoms with Crippen LogP contribution in [0.3, 0.4) is 0 Å². The molecule has 5 aliphatic rings. The first-order valence-corrected chi connectivity index (χ1v) is 20.8. The average Bonchev–Trinajstić information content (AvgIpc) is 4.05. The number of pyridine rings is 1. The third-order valence-electron chi connectivity index (χ3n) is 11.0. The van der Waals surface area contributed by atoms with Gasteiger partial charge in [0.25, 0.3) is 5.91 Å². The van der Waals surface area contributed by atoms with E-state index in [1.165, 1.54) is 4.90 Å². The normalized spacial score (nSPS) is 29.9. The lowest BCUT2D eigenvalue weighted by molar-refractivity contribution is -0.142. The molecule has 1 saturated heterocycles. The second-order valence-corrected chi connectivity index (χ2v) is 18.6. The molecule has 0 radical (unpaired) electrons. The van der Waals surface area contributed by atoms with Crippen molar-refractivity contribution in [1.29, 1.82) is 0 Å². The molecule has 1 aromatic carbocycles. The molecule has 3 aliphatic heterocycles. The number of aromatic nitrogens is 1. The van der Waals surface area contributed by atoms with E-state index < -0.39 is 74.3 Å². The molecule has 1 aromatic heterocycles. The van der Waals surface area contributed by atoms with Gasteiger partial charge in [0.15, 0.2) is 11.5 Å². The summed E-state index contributed by atoms with van der Waals surface area (Å²) in [6, 6.07) is 3.21. The number of amides is 4. The number of benzene rings is 1. The van der Waals surface area contributed by atoms with Crippen LogP contribution in [0.15, 0.2) is 36.5 Å². The molecule has 4 amide bonds. The predicted molar refractivity (Wildman–Crippen MR) is 201 cm³/mol. The maximum absolute atomic E-state index is 14.8. The van der Waals surface area contributed by atoms with E-state index in [1.807, 2.05) is 25.1 Å². The summed E-state index contributed by atoms with van der Waals surface area (Å²) in [6.45, 7) is 9.95. The Morgan fingerprint density at radius 3 is 2.55 bits per heavy atom. The Hall–Kier alpha value is -4.60. The van der Waals surface area contributed by atoms with Crippen molar-refractivity contribution < 1.29 is 46.5 Å². The van der Waals surface area contributed by atoms with Crippen molar-refractivity contribution in [2.75, 3.05) is 19.8 Å². The monoisotopic (exact) mass is 781 g/mol. The van der Waals surface area contributed by atoms with Gasteiger partial charge in [0.05, 0.1) is 11.8 Å². The van der Waals surface area contributed by atoms with E-state index in [1.54, 1.807) is 39.1 Å². The average molecular weight is 782 g/mol. The zero-order valence-electron chi connectivity index (χ0n) is 32.0. The van der Waals surface area contributed by atoms with Gasteiger partial charge in [-0.1, -0.05) is 26.0 Å². The SMILES string of the molecule is CC1CCC=CC2CC2(C(=O)NS(=O)(=O)C2CC2)NC(=O)C2CC(Oc3nccc4c5c(ccc34)OCCO5)CN2C(=O)C(NC(=O)OC(C)(C)C)C(C)C1. The van der Waals surface area contributed by atoms with Crippen molar-refractivity contribution in [3.05, 3.63) is 36.5 Å². The molecule has 4 heterocycles. The van der Waals surface area contributed by atoms with Crippen molar-refractivity contribution in [3.8, 4) is 17.4 Å². The number of hydrogen-bond donors (Lipinski definition) is 3. The molecule has 7 unspecified atom stereocenters. The number of ether oxygens (including phenoxy) is 4. The summed E-state index contributed by atoms with van der Waals surface area (Å²) in [6.07, 6.45) is 7.13. The van der Waals surface area contributed by atoms with Crippen LogP contribution in [-0.4, -0.2) is 96.5 Å². The second kappa shape index (κ2) is 14.8. The first-order valence-electron chi connectivity index (χ1n) is 19.2. The van der Waals surface area contributed by atoms with Gasteiger partial charge in [0, 0.05) is 29.3 Å². The van der Waals surface area contributed by atoms with Crippen LogP contribution >= 0.6 is 0 Å². The predicted octanol–water partition coefficient (Wildman–Crippen LogP) is 3.74. The molecule has 3 N–H and O–H groups in total. The van der Waals surface area contributed by atoms with Gasteiger partial charge < -0.3 is 34.5 Å². The Morgan fingerprint density at radius 2 is 1.80 bits per heavy atom. The lowest BCUT2D eigenvalue weighted by atomic mass is 9.88. The summed E-state index contributed by atoms with van der Waals surface area (Å²) in [4.78, 5) is 62.1. The zero-order chi connectivity index (χ0) is 39.3. The van der Waals surface area contributed by atoms with Crippen LogP contribution in [0, 0.1) is 17.8 Å². The molecule has 0 spiro atoms. The summed E-state index contributed by atoms with van der Waals surface area (Å²) in [5.41, 5.74) is -2.34. The molecular weight excluding hydrogens is 731 g/mol. The number of nitrogens with one attached hydrogen (secondary N) is 3. The molecule has 7 rings (SSSR count). The Bertz CT molecular complexity index is 2000. The summed E-state index contributed by atoms with van der Waals surface area (Å²) >= 11 is 0. The van der Waals surface area contributed by atoms with Crippen LogP contribution < -0.4 is 29.6 Å². The molecule has 7 atom stereocenters. The van der Waals surface area contributed by atoms with Gasteiger partial charge in [-0.3, -0.25) is 19.1 Å². The zero-order valence-corrected chi connectivity index (χ0v) is 32.8. The molecule has 15 nitrogen and oxygen atoms in total. The number of carbonyl (C=O) groups is 4. The third kappa shape index (κ3) is 8.33. The summed E-state index contributed by atoms with van der Waals surface area (Å²) in [7, 11) is -3.90. The van der Waals surface area contributed by atoms with Gasteiger partial charge in [0.1, 0.15) is 42.5 Å². The number of sulfonamides is 1. The fourth-order valence-corrected chi connectivity index (χ4v) is 9.29. The summed E-state index contributed by atoms with van der Waals surface area (Å²) in [5, 5.41) is 6.45. The topological polar surface area (TPSA) is 192 Å². The smallest absolute Gasteiger partial charge is 0.408 e. The lowest BCUT2D eigenvalue weighted by Gasteiger charge is -2.33. The maximum Gasteiger partial charge on any atom is 0.408 e. The Balaban J connectivity index is 1.22. The first-order chi connectivity index (χ1) is 26.0.